The molecule has 8 nitrogen and oxygen atoms in total. The molecular weight excluding hydrogens is 711 g/mol. The molecule has 1 atom stereocenters. The van der Waals surface area contributed by atoms with Gasteiger partial charge in [-0.25, -0.2) is 4.57 Å². The second-order valence-corrected chi connectivity index (χ2v) is 17.3. The molecule has 9 heteroatoms. The van der Waals surface area contributed by atoms with Crippen LogP contribution in [0.1, 0.15) is 251 Å². The van der Waals surface area contributed by atoms with Crippen LogP contribution in [0.3, 0.4) is 0 Å². The topological polar surface area (TPSA) is 119 Å². The van der Waals surface area contributed by atoms with E-state index < -0.39 is 32.5 Å². The highest BCUT2D eigenvalue weighted by atomic mass is 31.2. The Morgan fingerprint density at radius 3 is 1.16 bits per heavy atom. The molecule has 0 aromatic carbocycles. The van der Waals surface area contributed by atoms with Crippen LogP contribution in [0.5, 0.6) is 0 Å². The summed E-state index contributed by atoms with van der Waals surface area (Å²) in [6.45, 7) is 3.70. The van der Waals surface area contributed by atoms with Gasteiger partial charge in [-0.2, -0.15) is 0 Å². The molecule has 0 rings (SSSR count). The first-order valence-electron chi connectivity index (χ1n) is 23.5. The number of ether oxygens (including phenoxy) is 2. The van der Waals surface area contributed by atoms with Crippen LogP contribution < -0.4 is 0 Å². The van der Waals surface area contributed by atoms with Crippen molar-refractivity contribution in [1.29, 1.82) is 0 Å². The number of unbranched alkanes of at least 4 members (excludes halogenated alkanes) is 32. The van der Waals surface area contributed by atoms with Gasteiger partial charge in [0.2, 0.25) is 0 Å². The van der Waals surface area contributed by atoms with E-state index in [1.165, 1.54) is 186 Å². The van der Waals surface area contributed by atoms with E-state index in [9.17, 15) is 14.2 Å². The molecule has 55 heavy (non-hydrogen) atoms. The molecule has 0 amide bonds. The molecule has 0 saturated carbocycles. The van der Waals surface area contributed by atoms with Gasteiger partial charge in [-0.3, -0.25) is 14.1 Å². The van der Waals surface area contributed by atoms with E-state index in [-0.39, 0.29) is 19.4 Å². The van der Waals surface area contributed by atoms with Crippen molar-refractivity contribution in [1.82, 2.24) is 0 Å². The van der Waals surface area contributed by atoms with Gasteiger partial charge in [0.15, 0.2) is 6.10 Å². The monoisotopic (exact) mass is 801 g/mol. The van der Waals surface area contributed by atoms with Crippen molar-refractivity contribution in [3.8, 4) is 0 Å². The summed E-state index contributed by atoms with van der Waals surface area (Å²) in [6.07, 6.45) is 48.0. The van der Waals surface area contributed by atoms with Crippen LogP contribution in [-0.4, -0.2) is 41.0 Å². The Morgan fingerprint density at radius 1 is 0.455 bits per heavy atom. The minimum atomic E-state index is -4.75. The molecule has 0 aliphatic carbocycles. The summed E-state index contributed by atoms with van der Waals surface area (Å²) < 4.78 is 26.5. The smallest absolute Gasteiger partial charge is 0.462 e. The fourth-order valence-corrected chi connectivity index (χ4v) is 7.36. The summed E-state index contributed by atoms with van der Waals surface area (Å²) in [4.78, 5) is 43.0. The maximum atomic E-state index is 12.4. The van der Waals surface area contributed by atoms with E-state index in [1.807, 2.05) is 0 Å². The SMILES string of the molecule is CCCC/C=C/CCCCCCCCCCCC(=O)OC[C@H](COP(=O)(O)O)OC(=O)CCCCCCCCCCCCCCCCCCCCCCCC. The van der Waals surface area contributed by atoms with Crippen molar-refractivity contribution >= 4 is 19.8 Å². The zero-order valence-corrected chi connectivity index (χ0v) is 37.0. The number of hydrogen-bond acceptors (Lipinski definition) is 6. The highest BCUT2D eigenvalue weighted by molar-refractivity contribution is 7.46. The Morgan fingerprint density at radius 2 is 0.782 bits per heavy atom. The van der Waals surface area contributed by atoms with Gasteiger partial charge in [0, 0.05) is 12.8 Å². The van der Waals surface area contributed by atoms with Gasteiger partial charge in [-0.05, 0) is 32.1 Å². The van der Waals surface area contributed by atoms with Gasteiger partial charge < -0.3 is 19.3 Å². The third-order valence-corrected chi connectivity index (χ3v) is 11.0. The molecule has 0 aliphatic rings. The van der Waals surface area contributed by atoms with Gasteiger partial charge in [0.25, 0.3) is 0 Å². The fraction of sp³-hybridized carbons (Fsp3) is 0.913. The molecule has 0 heterocycles. The van der Waals surface area contributed by atoms with Gasteiger partial charge in [0.05, 0.1) is 6.61 Å². The Labute approximate surface area is 339 Å². The summed E-state index contributed by atoms with van der Waals surface area (Å²) in [7, 11) is -4.75. The molecule has 0 spiro atoms. The Hall–Kier alpha value is -1.21. The predicted octanol–water partition coefficient (Wildman–Crippen LogP) is 14.6. The van der Waals surface area contributed by atoms with E-state index in [4.69, 9.17) is 19.3 Å². The molecule has 0 aromatic heterocycles. The number of hydrogen-bond donors (Lipinski definition) is 2. The lowest BCUT2D eigenvalue weighted by molar-refractivity contribution is -0.161. The fourth-order valence-electron chi connectivity index (χ4n) is 7.00. The maximum Gasteiger partial charge on any atom is 0.469 e. The first kappa shape index (κ1) is 53.8. The first-order chi connectivity index (χ1) is 26.8. The molecule has 0 radical (unpaired) electrons. The third-order valence-electron chi connectivity index (χ3n) is 10.5. The van der Waals surface area contributed by atoms with Crippen LogP contribution in [0.15, 0.2) is 12.2 Å². The number of carbonyl (C=O) groups is 2. The maximum absolute atomic E-state index is 12.4. The number of phosphoric ester groups is 1. The van der Waals surface area contributed by atoms with Gasteiger partial charge in [-0.15, -0.1) is 0 Å². The minimum Gasteiger partial charge on any atom is -0.462 e. The van der Waals surface area contributed by atoms with Crippen molar-refractivity contribution in [2.24, 2.45) is 0 Å². The Balaban J connectivity index is 3.79. The predicted molar refractivity (Wildman–Crippen MR) is 230 cm³/mol. The van der Waals surface area contributed by atoms with Crippen LogP contribution in [0, 0.1) is 0 Å². The summed E-state index contributed by atoms with van der Waals surface area (Å²) in [6, 6.07) is 0. The lowest BCUT2D eigenvalue weighted by atomic mass is 10.0. The highest BCUT2D eigenvalue weighted by Crippen LogP contribution is 2.36. The molecule has 0 saturated heterocycles. The first-order valence-corrected chi connectivity index (χ1v) is 25.0. The number of phosphoric acid groups is 1. The van der Waals surface area contributed by atoms with E-state index >= 15 is 0 Å². The molecule has 0 unspecified atom stereocenters. The van der Waals surface area contributed by atoms with Crippen LogP contribution in [-0.2, 0) is 28.2 Å². The average molecular weight is 801 g/mol. The zero-order chi connectivity index (χ0) is 40.3. The molecule has 326 valence electrons. The standard InChI is InChI=1S/C46H89O8P/c1-3-5-7-9-11-13-15-17-19-20-21-22-23-24-25-27-29-31-33-35-37-39-41-46(48)54-44(43-53-55(49,50)51)42-52-45(47)40-38-36-34-32-30-28-26-18-16-14-12-10-8-6-4-2/h10,12,44H,3-9,11,13-43H2,1-2H3,(H2,49,50,51)/b12-10+/t44-/m1/s1. The molecule has 0 aromatic rings. The Kier molecular flexibility index (Phi) is 41.5. The van der Waals surface area contributed by atoms with E-state index in [1.54, 1.807) is 0 Å². The minimum absolute atomic E-state index is 0.218. The number of allylic oxidation sites excluding steroid dienone is 2. The lowest BCUT2D eigenvalue weighted by Crippen LogP contribution is -2.29. The van der Waals surface area contributed by atoms with Gasteiger partial charge >= 0.3 is 19.8 Å². The molecule has 0 aliphatic heterocycles. The quantitative estimate of drug-likeness (QED) is 0.0271. The van der Waals surface area contributed by atoms with Crippen molar-refractivity contribution < 1.29 is 37.9 Å². The normalized spacial score (nSPS) is 12.4. The van der Waals surface area contributed by atoms with E-state index in [0.717, 1.165) is 32.1 Å². The van der Waals surface area contributed by atoms with Gasteiger partial charge in [0.1, 0.15) is 6.61 Å². The number of esters is 2. The van der Waals surface area contributed by atoms with Crippen LogP contribution in [0.4, 0.5) is 0 Å². The Bertz CT molecular complexity index is 904. The largest absolute Gasteiger partial charge is 0.469 e. The third kappa shape index (κ3) is 45.4. The van der Waals surface area contributed by atoms with Crippen LogP contribution >= 0.6 is 7.82 Å². The van der Waals surface area contributed by atoms with Crippen LogP contribution in [0.2, 0.25) is 0 Å². The number of carbonyl (C=O) groups excluding carboxylic acids is 2. The van der Waals surface area contributed by atoms with Crippen molar-refractivity contribution in [3.05, 3.63) is 12.2 Å². The van der Waals surface area contributed by atoms with E-state index in [2.05, 4.69) is 30.5 Å². The molecule has 0 fully saturated rings. The second kappa shape index (κ2) is 42.4. The molecular formula is C46H89O8P. The summed E-state index contributed by atoms with van der Waals surface area (Å²) in [5.41, 5.74) is 0. The van der Waals surface area contributed by atoms with Crippen molar-refractivity contribution in [3.63, 3.8) is 0 Å². The van der Waals surface area contributed by atoms with E-state index in [0.29, 0.717) is 6.42 Å². The summed E-state index contributed by atoms with van der Waals surface area (Å²) >= 11 is 0. The summed E-state index contributed by atoms with van der Waals surface area (Å²) in [5.74, 6) is -0.872. The number of rotatable bonds is 44. The lowest BCUT2D eigenvalue weighted by Gasteiger charge is -2.18. The molecule has 2 N–H and O–H groups in total. The van der Waals surface area contributed by atoms with Crippen LogP contribution in [0.25, 0.3) is 0 Å². The van der Waals surface area contributed by atoms with Crippen molar-refractivity contribution in [2.45, 2.75) is 258 Å². The molecule has 0 bridgehead atoms. The zero-order valence-electron chi connectivity index (χ0n) is 36.1. The van der Waals surface area contributed by atoms with Crippen molar-refractivity contribution in [2.75, 3.05) is 13.2 Å². The summed E-state index contributed by atoms with van der Waals surface area (Å²) in [5, 5.41) is 0. The average Bonchev–Trinajstić information content (AvgIpc) is 3.16. The highest BCUT2D eigenvalue weighted by Gasteiger charge is 2.23. The second-order valence-electron chi connectivity index (χ2n) is 16.1. The van der Waals surface area contributed by atoms with Gasteiger partial charge in [-0.1, -0.05) is 219 Å².